The summed E-state index contributed by atoms with van der Waals surface area (Å²) in [7, 11) is 0. The molecule has 0 atom stereocenters. The highest BCUT2D eigenvalue weighted by Gasteiger charge is 2.03. The number of ether oxygens (including phenoxy) is 1. The van der Waals surface area contributed by atoms with Crippen molar-refractivity contribution in [3.05, 3.63) is 54.1 Å². The average molecular weight is 303 g/mol. The van der Waals surface area contributed by atoms with Crippen molar-refractivity contribution in [1.82, 2.24) is 5.32 Å². The molecule has 0 aliphatic carbocycles. The number of rotatable bonds is 8. The highest BCUT2D eigenvalue weighted by atomic mass is 32.2. The van der Waals surface area contributed by atoms with E-state index in [0.29, 0.717) is 12.4 Å². The van der Waals surface area contributed by atoms with Crippen LogP contribution >= 0.6 is 11.8 Å². The first-order valence-corrected chi connectivity index (χ1v) is 8.11. The number of nitrogens with one attached hydrogen (secondary N) is 1. The van der Waals surface area contributed by atoms with Gasteiger partial charge in [0.05, 0.1) is 6.61 Å². The minimum atomic E-state index is 0.195. The summed E-state index contributed by atoms with van der Waals surface area (Å²) in [5, 5.41) is 13.1. The van der Waals surface area contributed by atoms with Crippen molar-refractivity contribution in [2.24, 2.45) is 0 Å². The molecule has 4 heteroatoms. The monoisotopic (exact) mass is 303 g/mol. The number of phenols is 1. The number of hydrogen-bond acceptors (Lipinski definition) is 4. The van der Waals surface area contributed by atoms with Gasteiger partial charge in [-0.25, -0.2) is 0 Å². The first-order chi connectivity index (χ1) is 10.3. The van der Waals surface area contributed by atoms with Crippen molar-refractivity contribution in [3.8, 4) is 11.5 Å². The van der Waals surface area contributed by atoms with Crippen LogP contribution in [0.15, 0.2) is 53.4 Å². The first-order valence-electron chi connectivity index (χ1n) is 7.13. The molecule has 0 unspecified atom stereocenters. The minimum Gasteiger partial charge on any atom is -0.504 e. The molecule has 0 aliphatic rings. The lowest BCUT2D eigenvalue weighted by Gasteiger charge is -2.09. The van der Waals surface area contributed by atoms with Crippen LogP contribution in [0.4, 0.5) is 0 Å². The van der Waals surface area contributed by atoms with Crippen molar-refractivity contribution < 1.29 is 9.84 Å². The second kappa shape index (κ2) is 8.60. The van der Waals surface area contributed by atoms with Crippen LogP contribution in [-0.2, 0) is 6.54 Å². The van der Waals surface area contributed by atoms with E-state index in [4.69, 9.17) is 4.74 Å². The number of hydrogen-bond donors (Lipinski definition) is 2. The minimum absolute atomic E-state index is 0.195. The molecule has 0 saturated carbocycles. The molecule has 21 heavy (non-hydrogen) atoms. The Hall–Kier alpha value is -1.65. The third-order valence-corrected chi connectivity index (χ3v) is 3.96. The summed E-state index contributed by atoms with van der Waals surface area (Å²) >= 11 is 1.84. The SMILES string of the molecule is CCOc1cc(CNCCSc2ccccc2)ccc1O. The molecule has 2 rings (SSSR count). The molecule has 2 aromatic rings. The van der Waals surface area contributed by atoms with Gasteiger partial charge in [-0.3, -0.25) is 0 Å². The maximum Gasteiger partial charge on any atom is 0.161 e. The molecule has 0 spiro atoms. The highest BCUT2D eigenvalue weighted by molar-refractivity contribution is 7.99. The molecule has 0 bridgehead atoms. The highest BCUT2D eigenvalue weighted by Crippen LogP contribution is 2.26. The van der Waals surface area contributed by atoms with E-state index in [2.05, 4.69) is 29.6 Å². The van der Waals surface area contributed by atoms with E-state index in [1.807, 2.05) is 36.9 Å². The maximum atomic E-state index is 9.65. The van der Waals surface area contributed by atoms with Gasteiger partial charge in [0, 0.05) is 23.7 Å². The Bertz CT molecular complexity index is 546. The van der Waals surface area contributed by atoms with Crippen molar-refractivity contribution in [3.63, 3.8) is 0 Å². The van der Waals surface area contributed by atoms with Crippen molar-refractivity contribution in [2.45, 2.75) is 18.4 Å². The summed E-state index contributed by atoms with van der Waals surface area (Å²) < 4.78 is 5.38. The first kappa shape index (κ1) is 15.7. The Balaban J connectivity index is 1.72. The van der Waals surface area contributed by atoms with Crippen LogP contribution in [-0.4, -0.2) is 24.0 Å². The molecule has 3 nitrogen and oxygen atoms in total. The van der Waals surface area contributed by atoms with Crippen molar-refractivity contribution >= 4 is 11.8 Å². The average Bonchev–Trinajstić information content (AvgIpc) is 2.51. The van der Waals surface area contributed by atoms with Gasteiger partial charge in [0.25, 0.3) is 0 Å². The van der Waals surface area contributed by atoms with Crippen LogP contribution < -0.4 is 10.1 Å². The van der Waals surface area contributed by atoms with E-state index >= 15 is 0 Å². The summed E-state index contributed by atoms with van der Waals surface area (Å²) in [6.45, 7) is 4.17. The number of aromatic hydroxyl groups is 1. The van der Waals surface area contributed by atoms with Gasteiger partial charge in [0.2, 0.25) is 0 Å². The van der Waals surface area contributed by atoms with Crippen LogP contribution in [0.1, 0.15) is 12.5 Å². The van der Waals surface area contributed by atoms with Crippen molar-refractivity contribution in [1.29, 1.82) is 0 Å². The van der Waals surface area contributed by atoms with Gasteiger partial charge in [0.1, 0.15) is 0 Å². The molecule has 0 saturated heterocycles. The van der Waals surface area contributed by atoms with Crippen LogP contribution in [0.2, 0.25) is 0 Å². The van der Waals surface area contributed by atoms with E-state index in [0.717, 1.165) is 24.4 Å². The molecule has 2 N–H and O–H groups in total. The standard InChI is InChI=1S/C17H21NO2S/c1-2-20-17-12-14(8-9-16(17)19)13-18-10-11-21-15-6-4-3-5-7-15/h3-9,12,18-19H,2,10-11,13H2,1H3. The molecule has 0 aliphatic heterocycles. The molecule has 0 heterocycles. The van der Waals surface area contributed by atoms with Crippen molar-refractivity contribution in [2.75, 3.05) is 18.9 Å². The molecule has 2 aromatic carbocycles. The van der Waals surface area contributed by atoms with Gasteiger partial charge >= 0.3 is 0 Å². The predicted molar refractivity (Wildman–Crippen MR) is 88.1 cm³/mol. The number of benzene rings is 2. The number of phenolic OH excluding ortho intramolecular Hbond substituents is 1. The quantitative estimate of drug-likeness (QED) is 0.577. The normalized spacial score (nSPS) is 10.5. The molecule has 112 valence electrons. The van der Waals surface area contributed by atoms with Crippen LogP contribution in [0.25, 0.3) is 0 Å². The van der Waals surface area contributed by atoms with Crippen LogP contribution in [0, 0.1) is 0 Å². The Kier molecular flexibility index (Phi) is 6.44. The molecular formula is C17H21NO2S. The summed E-state index contributed by atoms with van der Waals surface area (Å²) in [4.78, 5) is 1.29. The molecular weight excluding hydrogens is 282 g/mol. The van der Waals surface area contributed by atoms with Crippen LogP contribution in [0.5, 0.6) is 11.5 Å². The zero-order chi connectivity index (χ0) is 14.9. The second-order valence-corrected chi connectivity index (χ2v) is 5.74. The van der Waals surface area contributed by atoms with E-state index in [9.17, 15) is 5.11 Å². The lowest BCUT2D eigenvalue weighted by Crippen LogP contribution is -2.16. The molecule has 0 aromatic heterocycles. The van der Waals surface area contributed by atoms with Gasteiger partial charge < -0.3 is 15.2 Å². The van der Waals surface area contributed by atoms with Gasteiger partial charge in [-0.05, 0) is 36.8 Å². The largest absolute Gasteiger partial charge is 0.504 e. The summed E-state index contributed by atoms with van der Waals surface area (Å²) in [6, 6.07) is 15.9. The Morgan fingerprint density at radius 1 is 1.14 bits per heavy atom. The van der Waals surface area contributed by atoms with E-state index in [1.165, 1.54) is 4.90 Å². The summed E-state index contributed by atoms with van der Waals surface area (Å²) in [5.74, 6) is 1.77. The van der Waals surface area contributed by atoms with Crippen LogP contribution in [0.3, 0.4) is 0 Å². The fraction of sp³-hybridized carbons (Fsp3) is 0.294. The third-order valence-electron chi connectivity index (χ3n) is 2.94. The molecule has 0 fully saturated rings. The Morgan fingerprint density at radius 3 is 2.71 bits per heavy atom. The predicted octanol–water partition coefficient (Wildman–Crippen LogP) is 3.67. The van der Waals surface area contributed by atoms with Gasteiger partial charge in [-0.1, -0.05) is 24.3 Å². The van der Waals surface area contributed by atoms with Gasteiger partial charge in [-0.2, -0.15) is 0 Å². The van der Waals surface area contributed by atoms with E-state index in [1.54, 1.807) is 6.07 Å². The maximum absolute atomic E-state index is 9.65. The fourth-order valence-corrected chi connectivity index (χ4v) is 2.76. The zero-order valence-corrected chi connectivity index (χ0v) is 13.0. The van der Waals surface area contributed by atoms with E-state index in [-0.39, 0.29) is 5.75 Å². The number of thioether (sulfide) groups is 1. The molecule has 0 radical (unpaired) electrons. The third kappa shape index (κ3) is 5.33. The Labute approximate surface area is 130 Å². The molecule has 0 amide bonds. The second-order valence-electron chi connectivity index (χ2n) is 4.57. The lowest BCUT2D eigenvalue weighted by atomic mass is 10.2. The smallest absolute Gasteiger partial charge is 0.161 e. The lowest BCUT2D eigenvalue weighted by molar-refractivity contribution is 0.317. The Morgan fingerprint density at radius 2 is 1.95 bits per heavy atom. The fourth-order valence-electron chi connectivity index (χ4n) is 1.93. The topological polar surface area (TPSA) is 41.5 Å². The summed E-state index contributed by atoms with van der Waals surface area (Å²) in [6.07, 6.45) is 0. The van der Waals surface area contributed by atoms with Gasteiger partial charge in [-0.15, -0.1) is 11.8 Å². The van der Waals surface area contributed by atoms with E-state index < -0.39 is 0 Å². The summed E-state index contributed by atoms with van der Waals surface area (Å²) in [5.41, 5.74) is 1.11. The van der Waals surface area contributed by atoms with Gasteiger partial charge in [0.15, 0.2) is 11.5 Å². The zero-order valence-electron chi connectivity index (χ0n) is 12.2.